The molecule has 0 spiro atoms. The summed E-state index contributed by atoms with van der Waals surface area (Å²) >= 11 is 11.8. The first-order valence-electron chi connectivity index (χ1n) is 7.30. The second kappa shape index (κ2) is 6.47. The Labute approximate surface area is 143 Å². The number of thioether (sulfide) groups is 1. The number of alkyl halides is 1. The average molecular weight is 389 g/mol. The Hall–Kier alpha value is -0.260. The third kappa shape index (κ3) is 3.10. The van der Waals surface area contributed by atoms with Crippen LogP contribution in [0.3, 0.4) is 0 Å². The molecule has 0 saturated heterocycles. The Morgan fingerprint density at radius 2 is 2.10 bits per heavy atom. The lowest BCUT2D eigenvalue weighted by atomic mass is 9.94. The molecule has 1 atom stereocenters. The van der Waals surface area contributed by atoms with Gasteiger partial charge < -0.3 is 4.57 Å². The summed E-state index contributed by atoms with van der Waals surface area (Å²) < 4.78 is 3.25. The molecule has 0 radical (unpaired) electrons. The Bertz CT molecular complexity index is 635. The van der Waals surface area contributed by atoms with Crippen LogP contribution in [0.1, 0.15) is 49.9 Å². The van der Waals surface area contributed by atoms with E-state index in [9.17, 15) is 0 Å². The fourth-order valence-corrected chi connectivity index (χ4v) is 4.37. The van der Waals surface area contributed by atoms with E-state index >= 15 is 0 Å². The highest BCUT2D eigenvalue weighted by Gasteiger charge is 2.27. The molecule has 1 saturated carbocycles. The van der Waals surface area contributed by atoms with Gasteiger partial charge in [-0.05, 0) is 60.9 Å². The molecule has 114 valence electrons. The van der Waals surface area contributed by atoms with Gasteiger partial charge in [0.25, 0.3) is 0 Å². The zero-order chi connectivity index (χ0) is 15.0. The molecular weight excluding hydrogens is 370 g/mol. The van der Waals surface area contributed by atoms with Crippen LogP contribution < -0.4 is 0 Å². The van der Waals surface area contributed by atoms with E-state index < -0.39 is 0 Å². The summed E-state index contributed by atoms with van der Waals surface area (Å²) in [6.07, 6.45) is 8.95. The summed E-state index contributed by atoms with van der Waals surface area (Å²) in [7, 11) is 0. The Kier molecular flexibility index (Phi) is 4.81. The molecule has 3 rings (SSSR count). The number of rotatable bonds is 3. The van der Waals surface area contributed by atoms with E-state index in [1.807, 2.05) is 30.9 Å². The highest BCUT2D eigenvalue weighted by atomic mass is 79.9. The SMILES string of the molecule is CSC1CCC(n2c(C(C)Cl)nc3cc(Br)cnc32)CC1. The van der Waals surface area contributed by atoms with Gasteiger partial charge in [0.05, 0.1) is 5.38 Å². The van der Waals surface area contributed by atoms with Crippen molar-refractivity contribution in [3.05, 3.63) is 22.6 Å². The summed E-state index contributed by atoms with van der Waals surface area (Å²) in [4.78, 5) is 9.31. The first-order chi connectivity index (χ1) is 10.1. The van der Waals surface area contributed by atoms with Crippen LogP contribution in [0.4, 0.5) is 0 Å². The number of aromatic nitrogens is 3. The van der Waals surface area contributed by atoms with Crippen LogP contribution >= 0.6 is 39.3 Å². The predicted octanol–water partition coefficient (Wildman–Crippen LogP) is 5.34. The smallest absolute Gasteiger partial charge is 0.160 e. The zero-order valence-corrected chi connectivity index (χ0v) is 15.4. The number of pyridine rings is 1. The molecule has 0 bridgehead atoms. The lowest BCUT2D eigenvalue weighted by Crippen LogP contribution is -2.21. The maximum Gasteiger partial charge on any atom is 0.160 e. The van der Waals surface area contributed by atoms with E-state index in [4.69, 9.17) is 16.6 Å². The average Bonchev–Trinajstić information content (AvgIpc) is 2.86. The normalized spacial score (nSPS) is 24.4. The minimum atomic E-state index is -0.101. The molecule has 3 nitrogen and oxygen atoms in total. The Morgan fingerprint density at radius 1 is 1.38 bits per heavy atom. The number of imidazole rings is 1. The third-order valence-corrected chi connectivity index (χ3v) is 5.99. The molecule has 2 heterocycles. The van der Waals surface area contributed by atoms with Crippen molar-refractivity contribution in [2.45, 2.75) is 49.3 Å². The van der Waals surface area contributed by atoms with Gasteiger partial charge in [-0.3, -0.25) is 0 Å². The van der Waals surface area contributed by atoms with Crippen LogP contribution in [0, 0.1) is 0 Å². The molecule has 2 aromatic rings. The molecule has 1 fully saturated rings. The first-order valence-corrected chi connectivity index (χ1v) is 9.82. The van der Waals surface area contributed by atoms with Crippen molar-refractivity contribution in [2.75, 3.05) is 6.26 Å². The minimum absolute atomic E-state index is 0.101. The number of hydrogen-bond donors (Lipinski definition) is 0. The summed E-state index contributed by atoms with van der Waals surface area (Å²) in [5, 5.41) is 0.700. The predicted molar refractivity (Wildman–Crippen MR) is 94.3 cm³/mol. The molecule has 1 unspecified atom stereocenters. The molecule has 1 aliphatic rings. The van der Waals surface area contributed by atoms with E-state index in [2.05, 4.69) is 31.7 Å². The van der Waals surface area contributed by atoms with Gasteiger partial charge in [-0.25, -0.2) is 9.97 Å². The summed E-state index contributed by atoms with van der Waals surface area (Å²) in [5.74, 6) is 0.949. The van der Waals surface area contributed by atoms with Crippen LogP contribution in [-0.2, 0) is 0 Å². The van der Waals surface area contributed by atoms with Crippen molar-refractivity contribution in [1.82, 2.24) is 14.5 Å². The van der Waals surface area contributed by atoms with Crippen molar-refractivity contribution in [3.63, 3.8) is 0 Å². The van der Waals surface area contributed by atoms with Gasteiger partial charge in [-0.2, -0.15) is 11.8 Å². The van der Waals surface area contributed by atoms with Crippen molar-refractivity contribution in [1.29, 1.82) is 0 Å². The van der Waals surface area contributed by atoms with Crippen molar-refractivity contribution in [3.8, 4) is 0 Å². The molecule has 0 aliphatic heterocycles. The van der Waals surface area contributed by atoms with E-state index in [-0.39, 0.29) is 5.38 Å². The topological polar surface area (TPSA) is 30.7 Å². The van der Waals surface area contributed by atoms with Gasteiger partial charge >= 0.3 is 0 Å². The van der Waals surface area contributed by atoms with Crippen LogP contribution in [-0.4, -0.2) is 26.0 Å². The van der Waals surface area contributed by atoms with Gasteiger partial charge in [0.15, 0.2) is 5.65 Å². The molecule has 1 aliphatic carbocycles. The summed E-state index contributed by atoms with van der Waals surface area (Å²) in [6.45, 7) is 1.99. The van der Waals surface area contributed by atoms with Gasteiger partial charge in [0.2, 0.25) is 0 Å². The van der Waals surface area contributed by atoms with E-state index in [0.29, 0.717) is 6.04 Å². The lowest BCUT2D eigenvalue weighted by molar-refractivity contribution is 0.357. The highest BCUT2D eigenvalue weighted by molar-refractivity contribution is 9.10. The maximum atomic E-state index is 6.37. The van der Waals surface area contributed by atoms with Crippen LogP contribution in [0.15, 0.2) is 16.7 Å². The molecular formula is C15H19BrClN3S. The second-order valence-electron chi connectivity index (χ2n) is 5.62. The van der Waals surface area contributed by atoms with Gasteiger partial charge in [-0.1, -0.05) is 0 Å². The molecule has 0 amide bonds. The Balaban J connectivity index is 2.02. The monoisotopic (exact) mass is 387 g/mol. The maximum absolute atomic E-state index is 6.37. The molecule has 6 heteroatoms. The zero-order valence-electron chi connectivity index (χ0n) is 12.2. The summed E-state index contributed by atoms with van der Waals surface area (Å²) in [5.41, 5.74) is 1.90. The summed E-state index contributed by atoms with van der Waals surface area (Å²) in [6, 6.07) is 2.50. The van der Waals surface area contributed by atoms with Gasteiger partial charge in [0.1, 0.15) is 11.3 Å². The van der Waals surface area contributed by atoms with Crippen LogP contribution in [0.25, 0.3) is 11.2 Å². The van der Waals surface area contributed by atoms with E-state index in [1.54, 1.807) is 0 Å². The quantitative estimate of drug-likeness (QED) is 0.665. The van der Waals surface area contributed by atoms with Crippen LogP contribution in [0.2, 0.25) is 0 Å². The van der Waals surface area contributed by atoms with Crippen LogP contribution in [0.5, 0.6) is 0 Å². The number of fused-ring (bicyclic) bond motifs is 1. The number of nitrogens with zero attached hydrogens (tertiary/aromatic N) is 3. The van der Waals surface area contributed by atoms with E-state index in [0.717, 1.165) is 26.7 Å². The second-order valence-corrected chi connectivity index (χ2v) is 8.33. The number of hydrogen-bond acceptors (Lipinski definition) is 3. The fraction of sp³-hybridized carbons (Fsp3) is 0.600. The first kappa shape index (κ1) is 15.6. The molecule has 21 heavy (non-hydrogen) atoms. The lowest BCUT2D eigenvalue weighted by Gasteiger charge is -2.29. The minimum Gasteiger partial charge on any atom is -0.308 e. The van der Waals surface area contributed by atoms with Gasteiger partial charge in [-0.15, -0.1) is 11.6 Å². The fourth-order valence-electron chi connectivity index (χ4n) is 3.15. The van der Waals surface area contributed by atoms with Gasteiger partial charge in [0, 0.05) is 22.0 Å². The van der Waals surface area contributed by atoms with Crippen molar-refractivity contribution >= 4 is 50.5 Å². The standard InChI is InChI=1S/C15H19BrClN3S/c1-9(17)14-19-13-7-10(16)8-18-15(13)20(14)11-3-5-12(21-2)6-4-11/h7-9,11-12H,3-6H2,1-2H3. The number of halogens is 2. The molecule has 0 aromatic carbocycles. The highest BCUT2D eigenvalue weighted by Crippen LogP contribution is 2.37. The molecule has 2 aromatic heterocycles. The largest absolute Gasteiger partial charge is 0.308 e. The van der Waals surface area contributed by atoms with E-state index in [1.165, 1.54) is 25.7 Å². The Morgan fingerprint density at radius 3 is 2.71 bits per heavy atom. The molecule has 0 N–H and O–H groups in total. The van der Waals surface area contributed by atoms with Crippen molar-refractivity contribution in [2.24, 2.45) is 0 Å². The third-order valence-electron chi connectivity index (χ3n) is 4.22. The van der Waals surface area contributed by atoms with Crippen molar-refractivity contribution < 1.29 is 0 Å².